The van der Waals surface area contributed by atoms with Gasteiger partial charge in [0.25, 0.3) is 0 Å². The quantitative estimate of drug-likeness (QED) is 0.725. The van der Waals surface area contributed by atoms with E-state index in [9.17, 15) is 4.79 Å². The van der Waals surface area contributed by atoms with Gasteiger partial charge in [-0.2, -0.15) is 0 Å². The Balaban J connectivity index is 2.79. The number of methoxy groups -OCH3 is 1. The third-order valence-corrected chi connectivity index (χ3v) is 3.78. The maximum atomic E-state index is 11.4. The standard InChI is InChI=1S/C10H6Cl2O2S/c1-14-10(13)5-4-15-9-7(12)3-2-6(11)8(5)9/h2-4H,1H3. The molecule has 2 rings (SSSR count). The number of thiophene rings is 1. The van der Waals surface area contributed by atoms with Gasteiger partial charge in [0.1, 0.15) is 0 Å². The van der Waals surface area contributed by atoms with Crippen LogP contribution in [-0.2, 0) is 4.74 Å². The second-order valence-corrected chi connectivity index (χ2v) is 4.57. The first-order valence-electron chi connectivity index (χ1n) is 4.08. The molecule has 0 amide bonds. The van der Waals surface area contributed by atoms with Crippen LogP contribution in [0.3, 0.4) is 0 Å². The van der Waals surface area contributed by atoms with Crippen molar-refractivity contribution in [3.05, 3.63) is 33.1 Å². The van der Waals surface area contributed by atoms with Crippen molar-refractivity contribution in [3.63, 3.8) is 0 Å². The number of halogens is 2. The highest BCUT2D eigenvalue weighted by Crippen LogP contribution is 2.37. The lowest BCUT2D eigenvalue weighted by Crippen LogP contribution is -1.99. The van der Waals surface area contributed by atoms with Crippen LogP contribution in [0.15, 0.2) is 17.5 Å². The zero-order chi connectivity index (χ0) is 11.0. The summed E-state index contributed by atoms with van der Waals surface area (Å²) in [7, 11) is 1.34. The number of fused-ring (bicyclic) bond motifs is 1. The number of carbonyl (C=O) groups is 1. The van der Waals surface area contributed by atoms with Gasteiger partial charge < -0.3 is 4.74 Å². The average molecular weight is 261 g/mol. The van der Waals surface area contributed by atoms with Gasteiger partial charge in [0.15, 0.2) is 0 Å². The van der Waals surface area contributed by atoms with E-state index in [1.54, 1.807) is 17.5 Å². The molecule has 1 heterocycles. The molecular formula is C10H6Cl2O2S. The van der Waals surface area contributed by atoms with Crippen LogP contribution >= 0.6 is 34.5 Å². The molecule has 0 unspecified atom stereocenters. The summed E-state index contributed by atoms with van der Waals surface area (Å²) >= 11 is 13.4. The van der Waals surface area contributed by atoms with E-state index in [0.717, 1.165) is 4.70 Å². The topological polar surface area (TPSA) is 26.3 Å². The smallest absolute Gasteiger partial charge is 0.339 e. The maximum absolute atomic E-state index is 11.4. The van der Waals surface area contributed by atoms with Crippen molar-refractivity contribution in [1.82, 2.24) is 0 Å². The van der Waals surface area contributed by atoms with E-state index >= 15 is 0 Å². The van der Waals surface area contributed by atoms with Crippen LogP contribution < -0.4 is 0 Å². The second kappa shape index (κ2) is 4.00. The Labute approximate surface area is 100 Å². The third kappa shape index (κ3) is 1.71. The van der Waals surface area contributed by atoms with Crippen LogP contribution in [0.2, 0.25) is 10.0 Å². The number of benzene rings is 1. The Morgan fingerprint density at radius 2 is 2.00 bits per heavy atom. The zero-order valence-electron chi connectivity index (χ0n) is 7.71. The number of ether oxygens (including phenoxy) is 1. The van der Waals surface area contributed by atoms with Gasteiger partial charge in [0.2, 0.25) is 0 Å². The summed E-state index contributed by atoms with van der Waals surface area (Å²) < 4.78 is 5.47. The molecule has 15 heavy (non-hydrogen) atoms. The molecule has 0 radical (unpaired) electrons. The summed E-state index contributed by atoms with van der Waals surface area (Å²) in [6, 6.07) is 3.38. The summed E-state index contributed by atoms with van der Waals surface area (Å²) in [6.45, 7) is 0. The Kier molecular flexibility index (Phi) is 2.87. The van der Waals surface area contributed by atoms with Gasteiger partial charge in [0, 0.05) is 10.8 Å². The fourth-order valence-corrected chi connectivity index (χ4v) is 2.91. The highest BCUT2D eigenvalue weighted by Gasteiger charge is 2.16. The zero-order valence-corrected chi connectivity index (χ0v) is 10.0. The molecule has 1 aromatic carbocycles. The lowest BCUT2D eigenvalue weighted by Gasteiger charge is -2.00. The van der Waals surface area contributed by atoms with Crippen LogP contribution in [-0.4, -0.2) is 13.1 Å². The molecule has 1 aromatic heterocycles. The van der Waals surface area contributed by atoms with Crippen LogP contribution in [0, 0.1) is 0 Å². The van der Waals surface area contributed by atoms with Gasteiger partial charge in [-0.05, 0) is 12.1 Å². The second-order valence-electron chi connectivity index (χ2n) is 2.87. The first-order valence-corrected chi connectivity index (χ1v) is 5.72. The number of hydrogen-bond donors (Lipinski definition) is 0. The minimum atomic E-state index is -0.398. The van der Waals surface area contributed by atoms with Gasteiger partial charge in [-0.15, -0.1) is 11.3 Å². The van der Waals surface area contributed by atoms with Crippen molar-refractivity contribution in [2.45, 2.75) is 0 Å². The molecular weight excluding hydrogens is 255 g/mol. The highest BCUT2D eigenvalue weighted by molar-refractivity contribution is 7.18. The van der Waals surface area contributed by atoms with E-state index in [1.165, 1.54) is 18.4 Å². The van der Waals surface area contributed by atoms with Crippen molar-refractivity contribution < 1.29 is 9.53 Å². The maximum Gasteiger partial charge on any atom is 0.339 e. The van der Waals surface area contributed by atoms with Crippen LogP contribution in [0.5, 0.6) is 0 Å². The molecule has 2 aromatic rings. The minimum Gasteiger partial charge on any atom is -0.465 e. The molecule has 5 heteroatoms. The minimum absolute atomic E-state index is 0.398. The largest absolute Gasteiger partial charge is 0.465 e. The summed E-state index contributed by atoms with van der Waals surface area (Å²) in [5.41, 5.74) is 0.463. The van der Waals surface area contributed by atoms with Crippen molar-refractivity contribution in [2.24, 2.45) is 0 Å². The molecule has 78 valence electrons. The van der Waals surface area contributed by atoms with Crippen LogP contribution in [0.25, 0.3) is 10.1 Å². The normalized spacial score (nSPS) is 10.6. The van der Waals surface area contributed by atoms with Gasteiger partial charge in [-0.3, -0.25) is 0 Å². The van der Waals surface area contributed by atoms with E-state index in [1.807, 2.05) is 0 Å². The number of rotatable bonds is 1. The van der Waals surface area contributed by atoms with Crippen LogP contribution in [0.1, 0.15) is 10.4 Å². The Morgan fingerprint density at radius 3 is 2.67 bits per heavy atom. The molecule has 0 spiro atoms. The molecule has 0 saturated heterocycles. The fraction of sp³-hybridized carbons (Fsp3) is 0.100. The summed E-state index contributed by atoms with van der Waals surface area (Å²) in [6.07, 6.45) is 0. The lowest BCUT2D eigenvalue weighted by molar-refractivity contribution is 0.0603. The van der Waals surface area contributed by atoms with Crippen molar-refractivity contribution in [1.29, 1.82) is 0 Å². The Hall–Kier alpha value is -0.770. The molecule has 0 aliphatic carbocycles. The molecule has 0 aliphatic rings. The van der Waals surface area contributed by atoms with E-state index in [-0.39, 0.29) is 0 Å². The van der Waals surface area contributed by atoms with E-state index in [0.29, 0.717) is 21.0 Å². The third-order valence-electron chi connectivity index (χ3n) is 2.03. The Bertz CT molecular complexity index is 533. The lowest BCUT2D eigenvalue weighted by atomic mass is 10.2. The SMILES string of the molecule is COC(=O)c1csc2c(Cl)ccc(Cl)c12. The first-order chi connectivity index (χ1) is 7.15. The molecule has 0 saturated carbocycles. The van der Waals surface area contributed by atoms with Gasteiger partial charge >= 0.3 is 5.97 Å². The monoisotopic (exact) mass is 260 g/mol. The number of hydrogen-bond acceptors (Lipinski definition) is 3. The van der Waals surface area contributed by atoms with E-state index in [2.05, 4.69) is 4.74 Å². The van der Waals surface area contributed by atoms with Crippen LogP contribution in [0.4, 0.5) is 0 Å². The van der Waals surface area contributed by atoms with E-state index < -0.39 is 5.97 Å². The molecule has 0 aliphatic heterocycles. The number of esters is 1. The van der Waals surface area contributed by atoms with Crippen molar-refractivity contribution >= 4 is 50.6 Å². The predicted octanol–water partition coefficient (Wildman–Crippen LogP) is 3.99. The Morgan fingerprint density at radius 1 is 1.33 bits per heavy atom. The summed E-state index contributed by atoms with van der Waals surface area (Å²) in [4.78, 5) is 11.4. The molecule has 0 atom stereocenters. The molecule has 0 N–H and O–H groups in total. The average Bonchev–Trinajstić information content (AvgIpc) is 2.68. The molecule has 0 fully saturated rings. The molecule has 0 bridgehead atoms. The number of carbonyl (C=O) groups excluding carboxylic acids is 1. The van der Waals surface area contributed by atoms with Gasteiger partial charge in [0.05, 0.1) is 27.4 Å². The van der Waals surface area contributed by atoms with E-state index in [4.69, 9.17) is 23.2 Å². The first kappa shape index (κ1) is 10.7. The van der Waals surface area contributed by atoms with Gasteiger partial charge in [-0.25, -0.2) is 4.79 Å². The molecule has 2 nitrogen and oxygen atoms in total. The predicted molar refractivity (Wildman–Crippen MR) is 63.2 cm³/mol. The van der Waals surface area contributed by atoms with Crippen molar-refractivity contribution in [3.8, 4) is 0 Å². The fourth-order valence-electron chi connectivity index (χ4n) is 1.34. The highest BCUT2D eigenvalue weighted by atomic mass is 35.5. The van der Waals surface area contributed by atoms with Crippen molar-refractivity contribution in [2.75, 3.05) is 7.11 Å². The van der Waals surface area contributed by atoms with Gasteiger partial charge in [-0.1, -0.05) is 23.2 Å². The summed E-state index contributed by atoms with van der Waals surface area (Å²) in [5, 5.41) is 3.47. The summed E-state index contributed by atoms with van der Waals surface area (Å²) in [5.74, 6) is -0.398.